The van der Waals surface area contributed by atoms with E-state index in [0.29, 0.717) is 30.5 Å². The topological polar surface area (TPSA) is 84.0 Å². The molecule has 0 saturated heterocycles. The minimum absolute atomic E-state index is 0.150. The Kier molecular flexibility index (Phi) is 8.30. The molecular formula is C26H30N4O3. The van der Waals surface area contributed by atoms with Crippen LogP contribution in [0.15, 0.2) is 71.7 Å². The molecule has 0 fully saturated rings. The lowest BCUT2D eigenvalue weighted by molar-refractivity contribution is -0.114. The lowest BCUT2D eigenvalue weighted by atomic mass is 10.1. The van der Waals surface area contributed by atoms with Crippen molar-refractivity contribution in [1.82, 2.24) is 10.6 Å². The highest BCUT2D eigenvalue weighted by molar-refractivity contribution is 5.90. The van der Waals surface area contributed by atoms with Crippen molar-refractivity contribution in [2.24, 2.45) is 4.99 Å². The fraction of sp³-hybridized carbons (Fsp3) is 0.231. The molecule has 7 nitrogen and oxygen atoms in total. The highest BCUT2D eigenvalue weighted by Gasteiger charge is 2.09. The first-order valence-corrected chi connectivity index (χ1v) is 10.7. The van der Waals surface area contributed by atoms with Crippen molar-refractivity contribution in [3.63, 3.8) is 0 Å². The summed E-state index contributed by atoms with van der Waals surface area (Å²) >= 11 is 0. The zero-order valence-corrected chi connectivity index (χ0v) is 19.4. The van der Waals surface area contributed by atoms with Gasteiger partial charge in [0.05, 0.1) is 12.8 Å². The molecule has 0 heterocycles. The number of benzene rings is 3. The molecule has 0 bridgehead atoms. The van der Waals surface area contributed by atoms with Crippen LogP contribution >= 0.6 is 0 Å². The molecule has 0 radical (unpaired) electrons. The number of nitrogens with zero attached hydrogens (tertiary/aromatic N) is 1. The maximum atomic E-state index is 11.5. The van der Waals surface area contributed by atoms with Crippen LogP contribution in [0.5, 0.6) is 17.2 Å². The summed E-state index contributed by atoms with van der Waals surface area (Å²) in [6, 6.07) is 21.5. The Hall–Kier alpha value is -4.00. The minimum Gasteiger partial charge on any atom is -0.495 e. The molecule has 3 N–H and O–H groups in total. The van der Waals surface area contributed by atoms with Gasteiger partial charge in [-0.05, 0) is 48.4 Å². The maximum absolute atomic E-state index is 11.5. The van der Waals surface area contributed by atoms with Crippen molar-refractivity contribution >= 4 is 17.6 Å². The summed E-state index contributed by atoms with van der Waals surface area (Å²) in [6.45, 7) is 4.58. The third-order valence-corrected chi connectivity index (χ3v) is 4.90. The second kappa shape index (κ2) is 11.6. The van der Waals surface area contributed by atoms with Gasteiger partial charge in [-0.2, -0.15) is 0 Å². The van der Waals surface area contributed by atoms with Crippen molar-refractivity contribution in [2.45, 2.75) is 26.9 Å². The fourth-order valence-electron chi connectivity index (χ4n) is 3.26. The van der Waals surface area contributed by atoms with E-state index in [1.54, 1.807) is 14.2 Å². The van der Waals surface area contributed by atoms with Crippen molar-refractivity contribution in [1.29, 1.82) is 0 Å². The average molecular weight is 447 g/mol. The Morgan fingerprint density at radius 1 is 0.939 bits per heavy atom. The molecule has 0 unspecified atom stereocenters. The number of hydrogen-bond acceptors (Lipinski definition) is 4. The quantitative estimate of drug-likeness (QED) is 0.347. The predicted molar refractivity (Wildman–Crippen MR) is 132 cm³/mol. The van der Waals surface area contributed by atoms with Crippen LogP contribution in [0.2, 0.25) is 0 Å². The number of guanidine groups is 1. The Balaban J connectivity index is 1.64. The van der Waals surface area contributed by atoms with Gasteiger partial charge in [0.15, 0.2) is 5.96 Å². The van der Waals surface area contributed by atoms with E-state index < -0.39 is 0 Å². The molecular weight excluding hydrogens is 416 g/mol. The van der Waals surface area contributed by atoms with E-state index in [2.05, 4.69) is 33.1 Å². The van der Waals surface area contributed by atoms with Gasteiger partial charge in [-0.15, -0.1) is 0 Å². The average Bonchev–Trinajstić information content (AvgIpc) is 2.81. The van der Waals surface area contributed by atoms with Crippen molar-refractivity contribution in [3.8, 4) is 17.2 Å². The number of carbonyl (C=O) groups excluding carboxylic acids is 1. The van der Waals surface area contributed by atoms with Gasteiger partial charge in [0.25, 0.3) is 0 Å². The summed E-state index contributed by atoms with van der Waals surface area (Å²) in [7, 11) is 3.30. The van der Waals surface area contributed by atoms with E-state index in [4.69, 9.17) is 9.47 Å². The summed E-state index contributed by atoms with van der Waals surface area (Å²) in [5, 5.41) is 9.43. The number of hydrogen-bond donors (Lipinski definition) is 3. The van der Waals surface area contributed by atoms with Gasteiger partial charge in [0.1, 0.15) is 17.2 Å². The molecule has 0 saturated carbocycles. The molecule has 1 amide bonds. The highest BCUT2D eigenvalue weighted by atomic mass is 16.5. The van der Waals surface area contributed by atoms with E-state index in [-0.39, 0.29) is 5.91 Å². The Bertz CT molecular complexity index is 1110. The summed E-state index contributed by atoms with van der Waals surface area (Å²) in [5.74, 6) is 2.71. The number of carbonyl (C=O) groups is 1. The first-order chi connectivity index (χ1) is 16.0. The summed E-state index contributed by atoms with van der Waals surface area (Å²) in [4.78, 5) is 15.8. The van der Waals surface area contributed by atoms with Gasteiger partial charge in [-0.3, -0.25) is 9.79 Å². The number of anilines is 1. The number of rotatable bonds is 8. The van der Waals surface area contributed by atoms with E-state index in [1.807, 2.05) is 61.5 Å². The van der Waals surface area contributed by atoms with Gasteiger partial charge < -0.3 is 25.4 Å². The second-order valence-corrected chi connectivity index (χ2v) is 7.52. The number of aliphatic imine (C=N–C) groups is 1. The molecule has 0 aliphatic rings. The molecule has 0 aliphatic heterocycles. The number of ether oxygens (including phenoxy) is 2. The molecule has 3 aromatic rings. The zero-order valence-electron chi connectivity index (χ0n) is 19.4. The first kappa shape index (κ1) is 23.7. The van der Waals surface area contributed by atoms with Gasteiger partial charge in [-0.1, -0.05) is 36.4 Å². The summed E-state index contributed by atoms with van der Waals surface area (Å²) in [5.41, 5.74) is 3.76. The molecule has 3 rings (SSSR count). The monoisotopic (exact) mass is 446 g/mol. The largest absolute Gasteiger partial charge is 0.495 e. The molecule has 33 heavy (non-hydrogen) atoms. The van der Waals surface area contributed by atoms with Gasteiger partial charge in [-0.25, -0.2) is 0 Å². The van der Waals surface area contributed by atoms with Crippen LogP contribution in [0, 0.1) is 6.92 Å². The summed E-state index contributed by atoms with van der Waals surface area (Å²) < 4.78 is 11.4. The number of amides is 1. The van der Waals surface area contributed by atoms with E-state index in [9.17, 15) is 4.79 Å². The number of methoxy groups -OCH3 is 1. The number of para-hydroxylation sites is 1. The molecule has 0 aliphatic carbocycles. The molecule has 7 heteroatoms. The molecule has 172 valence electrons. The van der Waals surface area contributed by atoms with Crippen LogP contribution in [0.3, 0.4) is 0 Å². The van der Waals surface area contributed by atoms with Crippen LogP contribution in [0.1, 0.15) is 23.6 Å². The minimum atomic E-state index is -0.150. The van der Waals surface area contributed by atoms with Crippen LogP contribution in [-0.4, -0.2) is 26.0 Å². The molecule has 0 spiro atoms. The molecule has 3 aromatic carbocycles. The van der Waals surface area contributed by atoms with Crippen LogP contribution in [0.4, 0.5) is 5.69 Å². The number of aryl methyl sites for hydroxylation is 1. The second-order valence-electron chi connectivity index (χ2n) is 7.52. The smallest absolute Gasteiger partial charge is 0.221 e. The van der Waals surface area contributed by atoms with Gasteiger partial charge in [0, 0.05) is 32.6 Å². The third-order valence-electron chi connectivity index (χ3n) is 4.90. The van der Waals surface area contributed by atoms with Crippen molar-refractivity contribution < 1.29 is 14.3 Å². The SMILES string of the molecule is CN=C(NCc1ccc(OC)c(NC(C)=O)c1)NCc1ccc(C)cc1Oc1ccccc1. The lowest BCUT2D eigenvalue weighted by Crippen LogP contribution is -2.36. The summed E-state index contributed by atoms with van der Waals surface area (Å²) in [6.07, 6.45) is 0. The molecule has 0 atom stereocenters. The van der Waals surface area contributed by atoms with Gasteiger partial charge in [0.2, 0.25) is 5.91 Å². The third kappa shape index (κ3) is 7.00. The molecule has 0 aromatic heterocycles. The van der Waals surface area contributed by atoms with Crippen molar-refractivity contribution in [2.75, 3.05) is 19.5 Å². The van der Waals surface area contributed by atoms with Crippen molar-refractivity contribution in [3.05, 3.63) is 83.4 Å². The van der Waals surface area contributed by atoms with E-state index in [1.165, 1.54) is 6.92 Å². The normalized spacial score (nSPS) is 11.0. The van der Waals surface area contributed by atoms with E-state index >= 15 is 0 Å². The Morgan fingerprint density at radius 2 is 1.70 bits per heavy atom. The standard InChI is InChI=1S/C26H30N4O3/c1-18-10-12-21(25(14-18)33-22-8-6-5-7-9-22)17-29-26(27-3)28-16-20-11-13-24(32-4)23(15-20)30-19(2)31/h5-15H,16-17H2,1-4H3,(H,30,31)(H2,27,28,29). The van der Waals surface area contributed by atoms with Crippen LogP contribution < -0.4 is 25.4 Å². The Morgan fingerprint density at radius 3 is 2.39 bits per heavy atom. The predicted octanol–water partition coefficient (Wildman–Crippen LogP) is 4.62. The van der Waals surface area contributed by atoms with Crippen LogP contribution in [-0.2, 0) is 17.9 Å². The highest BCUT2D eigenvalue weighted by Crippen LogP contribution is 2.27. The first-order valence-electron chi connectivity index (χ1n) is 10.7. The fourth-order valence-corrected chi connectivity index (χ4v) is 3.26. The lowest BCUT2D eigenvalue weighted by Gasteiger charge is -2.16. The van der Waals surface area contributed by atoms with E-state index in [0.717, 1.165) is 28.2 Å². The number of nitrogens with one attached hydrogen (secondary N) is 3. The zero-order chi connectivity index (χ0) is 23.6. The van der Waals surface area contributed by atoms with Crippen LogP contribution in [0.25, 0.3) is 0 Å². The maximum Gasteiger partial charge on any atom is 0.221 e. The van der Waals surface area contributed by atoms with Gasteiger partial charge >= 0.3 is 0 Å². The Labute approximate surface area is 194 Å².